The topological polar surface area (TPSA) is 108 Å². The van der Waals surface area contributed by atoms with Crippen LogP contribution < -0.4 is 16.0 Å². The average Bonchev–Trinajstić information content (AvgIpc) is 3.12. The molecule has 2 aromatic rings. The predicted molar refractivity (Wildman–Crippen MR) is 102 cm³/mol. The highest BCUT2D eigenvalue weighted by molar-refractivity contribution is 6.00. The van der Waals surface area contributed by atoms with E-state index in [0.717, 1.165) is 0 Å². The Hall–Kier alpha value is -3.35. The lowest BCUT2D eigenvalue weighted by atomic mass is 10.1. The van der Waals surface area contributed by atoms with Gasteiger partial charge in [0, 0.05) is 23.0 Å². The van der Waals surface area contributed by atoms with Gasteiger partial charge in [0.05, 0.1) is 5.92 Å². The number of amides is 3. The van der Waals surface area contributed by atoms with Crippen LogP contribution in [0.4, 0.5) is 16.2 Å². The van der Waals surface area contributed by atoms with E-state index >= 15 is 0 Å². The van der Waals surface area contributed by atoms with Crippen molar-refractivity contribution in [1.82, 2.24) is 5.32 Å². The number of rotatable bonds is 5. The molecule has 3 rings (SSSR count). The van der Waals surface area contributed by atoms with Gasteiger partial charge in [-0.2, -0.15) is 0 Å². The minimum atomic E-state index is -0.809. The molecule has 1 fully saturated rings. The molecule has 7 heteroatoms. The van der Waals surface area contributed by atoms with Crippen LogP contribution in [-0.2, 0) is 4.79 Å². The normalized spacial score (nSPS) is 18.5. The van der Waals surface area contributed by atoms with Gasteiger partial charge >= 0.3 is 12.0 Å². The van der Waals surface area contributed by atoms with Gasteiger partial charge in [-0.25, -0.2) is 4.79 Å². The van der Waals surface area contributed by atoms with Gasteiger partial charge in [-0.1, -0.05) is 18.2 Å². The maximum Gasteiger partial charge on any atom is 0.323 e. The summed E-state index contributed by atoms with van der Waals surface area (Å²) in [5.74, 6) is -1.44. The van der Waals surface area contributed by atoms with E-state index in [-0.39, 0.29) is 23.9 Å². The summed E-state index contributed by atoms with van der Waals surface area (Å²) in [5, 5.41) is 17.3. The Balaban J connectivity index is 1.51. The highest BCUT2D eigenvalue weighted by Gasteiger charge is 2.30. The number of carboxylic acid groups (broad SMARTS) is 1. The third kappa shape index (κ3) is 5.07. The molecule has 27 heavy (non-hydrogen) atoms. The maximum atomic E-state index is 12.3. The second-order valence-corrected chi connectivity index (χ2v) is 6.54. The fourth-order valence-electron chi connectivity index (χ4n) is 3.13. The minimum Gasteiger partial charge on any atom is -0.481 e. The lowest BCUT2D eigenvalue weighted by Crippen LogP contribution is -2.33. The number of anilines is 2. The summed E-state index contributed by atoms with van der Waals surface area (Å²) < 4.78 is 0. The Bertz CT molecular complexity index is 821. The van der Waals surface area contributed by atoms with E-state index in [4.69, 9.17) is 5.11 Å². The summed E-state index contributed by atoms with van der Waals surface area (Å²) in [7, 11) is 0. The first kappa shape index (κ1) is 18.4. The number of para-hydroxylation sites is 1. The van der Waals surface area contributed by atoms with E-state index in [0.29, 0.717) is 36.2 Å². The Morgan fingerprint density at radius 1 is 0.852 bits per heavy atom. The van der Waals surface area contributed by atoms with Crippen molar-refractivity contribution in [2.75, 3.05) is 10.6 Å². The molecule has 2 aromatic carbocycles. The summed E-state index contributed by atoms with van der Waals surface area (Å²) in [6.07, 6.45) is 1.71. The lowest BCUT2D eigenvalue weighted by Gasteiger charge is -2.13. The summed E-state index contributed by atoms with van der Waals surface area (Å²) >= 11 is 0. The fraction of sp³-hybridized carbons (Fsp3) is 0.250. The summed E-state index contributed by atoms with van der Waals surface area (Å²) in [4.78, 5) is 35.3. The molecule has 0 aromatic heterocycles. The second kappa shape index (κ2) is 8.35. The van der Waals surface area contributed by atoms with Crippen molar-refractivity contribution < 1.29 is 19.5 Å². The quantitative estimate of drug-likeness (QED) is 0.650. The Labute approximate surface area is 156 Å². The molecule has 1 saturated carbocycles. The molecule has 140 valence electrons. The molecule has 0 heterocycles. The number of nitrogens with one attached hydrogen (secondary N) is 3. The van der Waals surface area contributed by atoms with Crippen LogP contribution in [0.25, 0.3) is 0 Å². The largest absolute Gasteiger partial charge is 0.481 e. The molecule has 0 saturated heterocycles. The predicted octanol–water partition coefficient (Wildman–Crippen LogP) is 3.31. The number of urea groups is 1. The number of benzene rings is 2. The molecule has 0 spiro atoms. The van der Waals surface area contributed by atoms with Crippen LogP contribution in [0, 0.1) is 5.92 Å². The molecule has 3 amide bonds. The van der Waals surface area contributed by atoms with Gasteiger partial charge in [0.15, 0.2) is 0 Å². The lowest BCUT2D eigenvalue weighted by molar-refractivity contribution is -0.141. The van der Waals surface area contributed by atoms with Crippen LogP contribution in [0.1, 0.15) is 29.6 Å². The molecule has 7 nitrogen and oxygen atoms in total. The van der Waals surface area contributed by atoms with E-state index in [1.807, 2.05) is 18.2 Å². The first-order valence-electron chi connectivity index (χ1n) is 8.78. The van der Waals surface area contributed by atoms with Crippen LogP contribution >= 0.6 is 0 Å². The SMILES string of the molecule is O=C(Nc1ccccc1)Nc1ccc(C(=O)N[C@H]2CC[C@@H](C(=O)O)C2)cc1. The summed E-state index contributed by atoms with van der Waals surface area (Å²) in [6.45, 7) is 0. The molecule has 0 bridgehead atoms. The zero-order valence-electron chi connectivity index (χ0n) is 14.6. The maximum absolute atomic E-state index is 12.3. The van der Waals surface area contributed by atoms with Crippen molar-refractivity contribution in [3.63, 3.8) is 0 Å². The standard InChI is InChI=1S/C20H21N3O4/c24-18(21-17-11-8-14(12-17)19(25)26)13-6-9-16(10-7-13)23-20(27)22-15-4-2-1-3-5-15/h1-7,9-10,14,17H,8,11-12H2,(H,21,24)(H,25,26)(H2,22,23,27)/t14-,17+/m1/s1. The van der Waals surface area contributed by atoms with Crippen molar-refractivity contribution in [1.29, 1.82) is 0 Å². The van der Waals surface area contributed by atoms with Gasteiger partial charge in [0.2, 0.25) is 0 Å². The highest BCUT2D eigenvalue weighted by Crippen LogP contribution is 2.26. The van der Waals surface area contributed by atoms with Gasteiger partial charge < -0.3 is 21.1 Å². The van der Waals surface area contributed by atoms with E-state index in [2.05, 4.69) is 16.0 Å². The average molecular weight is 367 g/mol. The van der Waals surface area contributed by atoms with E-state index < -0.39 is 5.97 Å². The van der Waals surface area contributed by atoms with Crippen molar-refractivity contribution in [3.8, 4) is 0 Å². The molecule has 4 N–H and O–H groups in total. The third-order valence-corrected chi connectivity index (χ3v) is 4.55. The molecule has 1 aliphatic rings. The zero-order valence-corrected chi connectivity index (χ0v) is 14.6. The Morgan fingerprint density at radius 2 is 1.48 bits per heavy atom. The van der Waals surface area contributed by atoms with Crippen molar-refractivity contribution >= 4 is 29.3 Å². The molecule has 1 aliphatic carbocycles. The van der Waals surface area contributed by atoms with Crippen molar-refractivity contribution in [2.45, 2.75) is 25.3 Å². The Kier molecular flexibility index (Phi) is 5.71. The number of carbonyl (C=O) groups excluding carboxylic acids is 2. The van der Waals surface area contributed by atoms with Crippen molar-refractivity contribution in [2.24, 2.45) is 5.92 Å². The van der Waals surface area contributed by atoms with E-state index in [1.54, 1.807) is 36.4 Å². The van der Waals surface area contributed by atoms with Gasteiger partial charge in [-0.05, 0) is 55.7 Å². The number of carboxylic acids is 1. The number of hydrogen-bond donors (Lipinski definition) is 4. The summed E-state index contributed by atoms with van der Waals surface area (Å²) in [5.41, 5.74) is 1.71. The van der Waals surface area contributed by atoms with Crippen molar-refractivity contribution in [3.05, 3.63) is 60.2 Å². The summed E-state index contributed by atoms with van der Waals surface area (Å²) in [6, 6.07) is 15.1. The third-order valence-electron chi connectivity index (χ3n) is 4.55. The van der Waals surface area contributed by atoms with Crippen LogP contribution in [0.3, 0.4) is 0 Å². The monoisotopic (exact) mass is 367 g/mol. The van der Waals surface area contributed by atoms with Gasteiger partial charge in [-0.15, -0.1) is 0 Å². The number of aliphatic carboxylic acids is 1. The minimum absolute atomic E-state index is 0.118. The molecule has 0 unspecified atom stereocenters. The number of hydrogen-bond acceptors (Lipinski definition) is 3. The van der Waals surface area contributed by atoms with E-state index in [9.17, 15) is 14.4 Å². The van der Waals surface area contributed by atoms with Gasteiger partial charge in [0.25, 0.3) is 5.91 Å². The first-order chi connectivity index (χ1) is 13.0. The molecular weight excluding hydrogens is 346 g/mol. The molecule has 2 atom stereocenters. The van der Waals surface area contributed by atoms with Gasteiger partial charge in [0.1, 0.15) is 0 Å². The van der Waals surface area contributed by atoms with Crippen LogP contribution in [0.2, 0.25) is 0 Å². The molecular formula is C20H21N3O4. The smallest absolute Gasteiger partial charge is 0.323 e. The van der Waals surface area contributed by atoms with E-state index in [1.165, 1.54) is 0 Å². The second-order valence-electron chi connectivity index (χ2n) is 6.54. The van der Waals surface area contributed by atoms with Gasteiger partial charge in [-0.3, -0.25) is 9.59 Å². The van der Waals surface area contributed by atoms with Crippen LogP contribution in [0.5, 0.6) is 0 Å². The zero-order chi connectivity index (χ0) is 19.2. The first-order valence-corrected chi connectivity index (χ1v) is 8.78. The Morgan fingerprint density at radius 3 is 2.07 bits per heavy atom. The van der Waals surface area contributed by atoms with Crippen LogP contribution in [0.15, 0.2) is 54.6 Å². The molecule has 0 radical (unpaired) electrons. The number of carbonyl (C=O) groups is 3. The highest BCUT2D eigenvalue weighted by atomic mass is 16.4. The van der Waals surface area contributed by atoms with Crippen LogP contribution in [-0.4, -0.2) is 29.1 Å². The molecule has 0 aliphatic heterocycles. The fourth-order valence-corrected chi connectivity index (χ4v) is 3.13.